The van der Waals surface area contributed by atoms with Crippen molar-refractivity contribution in [1.29, 1.82) is 0 Å². The number of carbonyl (C=O) groups excluding carboxylic acids is 1. The number of nitrogens with one attached hydrogen (secondary N) is 1. The van der Waals surface area contributed by atoms with Gasteiger partial charge in [-0.1, -0.05) is 23.2 Å². The third kappa shape index (κ3) is 5.09. The lowest BCUT2D eigenvalue weighted by Gasteiger charge is -2.17. The molecule has 0 spiro atoms. The SMILES string of the molecule is O=C(O)Cc1nc(-c2ccc(-c3ccc(NC(=O)C4=COc5ccc(Cl)cc5C4)cc3Cl)o2)cs1. The maximum atomic E-state index is 12.8. The molecule has 0 fully saturated rings. The number of halogens is 2. The summed E-state index contributed by atoms with van der Waals surface area (Å²) in [5.41, 5.74) is 3.01. The van der Waals surface area contributed by atoms with Crippen LogP contribution >= 0.6 is 34.5 Å². The van der Waals surface area contributed by atoms with E-state index in [0.717, 1.165) is 5.56 Å². The molecule has 2 aromatic carbocycles. The zero-order valence-electron chi connectivity index (χ0n) is 17.9. The minimum atomic E-state index is -0.938. The number of thiazole rings is 1. The number of hydrogen-bond acceptors (Lipinski definition) is 6. The Labute approximate surface area is 213 Å². The van der Waals surface area contributed by atoms with Gasteiger partial charge in [0.25, 0.3) is 5.91 Å². The molecule has 176 valence electrons. The minimum Gasteiger partial charge on any atom is -0.481 e. The highest BCUT2D eigenvalue weighted by atomic mass is 35.5. The summed E-state index contributed by atoms with van der Waals surface area (Å²) < 4.78 is 11.5. The number of carbonyl (C=O) groups is 2. The van der Waals surface area contributed by atoms with Gasteiger partial charge in [0.2, 0.25) is 0 Å². The Morgan fingerprint density at radius 3 is 2.71 bits per heavy atom. The van der Waals surface area contributed by atoms with Crippen LogP contribution in [0, 0.1) is 0 Å². The summed E-state index contributed by atoms with van der Waals surface area (Å²) in [5, 5.41) is 15.0. The number of aliphatic carboxylic acids is 1. The highest BCUT2D eigenvalue weighted by molar-refractivity contribution is 7.10. The summed E-state index contributed by atoms with van der Waals surface area (Å²) >= 11 is 13.8. The van der Waals surface area contributed by atoms with Crippen LogP contribution in [-0.2, 0) is 22.4 Å². The molecule has 0 atom stereocenters. The molecule has 1 aliphatic rings. The van der Waals surface area contributed by atoms with Crippen LogP contribution in [0.25, 0.3) is 22.8 Å². The number of hydrogen-bond donors (Lipinski definition) is 2. The number of carboxylic acid groups (broad SMARTS) is 1. The number of benzene rings is 2. The first kappa shape index (κ1) is 23.2. The predicted octanol–water partition coefficient (Wildman–Crippen LogP) is 6.46. The van der Waals surface area contributed by atoms with Gasteiger partial charge in [0.15, 0.2) is 5.76 Å². The zero-order chi connectivity index (χ0) is 24.5. The van der Waals surface area contributed by atoms with Gasteiger partial charge in [0.05, 0.1) is 17.0 Å². The van der Waals surface area contributed by atoms with Crippen molar-refractivity contribution in [2.24, 2.45) is 0 Å². The van der Waals surface area contributed by atoms with Gasteiger partial charge in [-0.25, -0.2) is 4.98 Å². The Kier molecular flexibility index (Phi) is 6.34. The van der Waals surface area contributed by atoms with Crippen molar-refractivity contribution in [1.82, 2.24) is 4.98 Å². The molecule has 35 heavy (non-hydrogen) atoms. The van der Waals surface area contributed by atoms with E-state index in [0.29, 0.717) is 61.3 Å². The van der Waals surface area contributed by atoms with Crippen molar-refractivity contribution >= 4 is 52.1 Å². The predicted molar refractivity (Wildman–Crippen MR) is 134 cm³/mol. The molecule has 2 N–H and O–H groups in total. The van der Waals surface area contributed by atoms with Crippen molar-refractivity contribution in [2.75, 3.05) is 5.32 Å². The van der Waals surface area contributed by atoms with E-state index in [4.69, 9.17) is 37.5 Å². The monoisotopic (exact) mass is 526 g/mol. The molecular formula is C25H16Cl2N2O5S. The van der Waals surface area contributed by atoms with Crippen molar-refractivity contribution in [2.45, 2.75) is 12.8 Å². The molecule has 4 aromatic rings. The summed E-state index contributed by atoms with van der Waals surface area (Å²) in [5.74, 6) is 0.456. The first-order valence-electron chi connectivity index (χ1n) is 10.4. The molecule has 0 saturated heterocycles. The second-order valence-corrected chi connectivity index (χ2v) is 9.49. The Bertz CT molecular complexity index is 1490. The fourth-order valence-corrected chi connectivity index (χ4v) is 4.82. The highest BCUT2D eigenvalue weighted by Gasteiger charge is 2.20. The van der Waals surface area contributed by atoms with Gasteiger partial charge in [0.1, 0.15) is 28.5 Å². The average molecular weight is 527 g/mol. The number of furan rings is 1. The van der Waals surface area contributed by atoms with Gasteiger partial charge < -0.3 is 19.6 Å². The lowest BCUT2D eigenvalue weighted by molar-refractivity contribution is -0.136. The van der Waals surface area contributed by atoms with Crippen LogP contribution < -0.4 is 10.1 Å². The number of fused-ring (bicyclic) bond motifs is 1. The molecule has 1 amide bonds. The van der Waals surface area contributed by atoms with Crippen molar-refractivity contribution in [3.63, 3.8) is 0 Å². The highest BCUT2D eigenvalue weighted by Crippen LogP contribution is 2.35. The smallest absolute Gasteiger partial charge is 0.310 e. The molecule has 3 heterocycles. The number of carboxylic acids is 1. The average Bonchev–Trinajstić information content (AvgIpc) is 3.48. The maximum Gasteiger partial charge on any atom is 0.310 e. The van der Waals surface area contributed by atoms with Crippen LogP contribution in [0.1, 0.15) is 10.6 Å². The summed E-state index contributed by atoms with van der Waals surface area (Å²) in [7, 11) is 0. The third-order valence-corrected chi connectivity index (χ3v) is 6.62. The fourth-order valence-electron chi connectivity index (χ4n) is 3.58. The summed E-state index contributed by atoms with van der Waals surface area (Å²) in [4.78, 5) is 27.9. The van der Waals surface area contributed by atoms with E-state index in [2.05, 4.69) is 10.3 Å². The molecule has 0 unspecified atom stereocenters. The lowest BCUT2D eigenvalue weighted by Crippen LogP contribution is -2.19. The van der Waals surface area contributed by atoms with Crippen molar-refractivity contribution in [3.05, 3.63) is 86.4 Å². The second-order valence-electron chi connectivity index (χ2n) is 7.70. The van der Waals surface area contributed by atoms with E-state index < -0.39 is 5.97 Å². The largest absolute Gasteiger partial charge is 0.481 e. The van der Waals surface area contributed by atoms with E-state index in [9.17, 15) is 9.59 Å². The summed E-state index contributed by atoms with van der Waals surface area (Å²) in [6, 6.07) is 13.9. The molecule has 5 rings (SSSR count). The number of ether oxygens (including phenoxy) is 1. The van der Waals surface area contributed by atoms with Crippen molar-refractivity contribution in [3.8, 4) is 28.5 Å². The number of nitrogens with zero attached hydrogens (tertiary/aromatic N) is 1. The lowest BCUT2D eigenvalue weighted by atomic mass is 10.0. The van der Waals surface area contributed by atoms with E-state index in [1.807, 2.05) is 0 Å². The van der Waals surface area contributed by atoms with Crippen LogP contribution in [0.5, 0.6) is 5.75 Å². The van der Waals surface area contributed by atoms with Crippen molar-refractivity contribution < 1.29 is 23.8 Å². The second kappa shape index (κ2) is 9.58. The van der Waals surface area contributed by atoms with Gasteiger partial charge in [0, 0.05) is 33.6 Å². The van der Waals surface area contributed by atoms with E-state index in [1.54, 1.807) is 53.9 Å². The molecule has 0 aliphatic carbocycles. The Balaban J connectivity index is 1.29. The molecule has 10 heteroatoms. The Morgan fingerprint density at radius 1 is 1.09 bits per heavy atom. The van der Waals surface area contributed by atoms with Crippen LogP contribution in [0.2, 0.25) is 10.0 Å². The molecule has 0 bridgehead atoms. The first-order valence-corrected chi connectivity index (χ1v) is 12.0. The van der Waals surface area contributed by atoms with Gasteiger partial charge in [-0.15, -0.1) is 11.3 Å². The Morgan fingerprint density at radius 2 is 1.91 bits per heavy atom. The molecule has 2 aromatic heterocycles. The fraction of sp³-hybridized carbons (Fsp3) is 0.0800. The van der Waals surface area contributed by atoms with Gasteiger partial charge in [-0.3, -0.25) is 9.59 Å². The minimum absolute atomic E-state index is 0.138. The molecule has 7 nitrogen and oxygen atoms in total. The number of anilines is 1. The normalized spacial score (nSPS) is 12.5. The molecule has 0 saturated carbocycles. The molecule has 0 radical (unpaired) electrons. The molecular weight excluding hydrogens is 511 g/mol. The summed E-state index contributed by atoms with van der Waals surface area (Å²) in [6.45, 7) is 0. The standard InChI is InChI=1S/C25H16Cl2N2O5S/c26-15-1-4-20-13(8-15)7-14(11-33-20)25(32)28-16-2-3-17(18(27)9-16)21-5-6-22(34-21)19-12-35-23(29-19)10-24(30)31/h1-6,8-9,11-12H,7,10H2,(H,28,32)(H,30,31). The zero-order valence-corrected chi connectivity index (χ0v) is 20.2. The Hall–Kier alpha value is -3.59. The number of rotatable bonds is 6. The van der Waals surface area contributed by atoms with Gasteiger partial charge >= 0.3 is 5.97 Å². The maximum absolute atomic E-state index is 12.8. The van der Waals surface area contributed by atoms with E-state index in [-0.39, 0.29) is 12.3 Å². The van der Waals surface area contributed by atoms with E-state index >= 15 is 0 Å². The van der Waals surface area contributed by atoms with Crippen LogP contribution in [-0.4, -0.2) is 22.0 Å². The first-order chi connectivity index (χ1) is 16.9. The number of amides is 1. The summed E-state index contributed by atoms with van der Waals surface area (Å²) in [6.07, 6.45) is 1.69. The van der Waals surface area contributed by atoms with Gasteiger partial charge in [-0.05, 0) is 48.5 Å². The van der Waals surface area contributed by atoms with Crippen LogP contribution in [0.15, 0.2) is 70.2 Å². The van der Waals surface area contributed by atoms with Crippen LogP contribution in [0.4, 0.5) is 5.69 Å². The molecule has 1 aliphatic heterocycles. The number of aromatic nitrogens is 1. The van der Waals surface area contributed by atoms with E-state index in [1.165, 1.54) is 17.6 Å². The topological polar surface area (TPSA) is 102 Å². The quantitative estimate of drug-likeness (QED) is 0.298. The van der Waals surface area contributed by atoms with Crippen LogP contribution in [0.3, 0.4) is 0 Å². The van der Waals surface area contributed by atoms with Gasteiger partial charge in [-0.2, -0.15) is 0 Å². The third-order valence-electron chi connectivity index (χ3n) is 5.23.